The van der Waals surface area contributed by atoms with Crippen molar-refractivity contribution < 1.29 is 9.18 Å². The van der Waals surface area contributed by atoms with Gasteiger partial charge in [0.1, 0.15) is 5.82 Å². The van der Waals surface area contributed by atoms with Crippen molar-refractivity contribution in [3.05, 3.63) is 63.9 Å². The number of carbonyl (C=O) groups is 1. The van der Waals surface area contributed by atoms with Crippen molar-refractivity contribution >= 4 is 39.3 Å². The van der Waals surface area contributed by atoms with Crippen LogP contribution in [-0.4, -0.2) is 11.2 Å². The Hall–Kier alpha value is -1.33. The molecular weight excluding hydrogens is 365 g/mol. The Morgan fingerprint density at radius 2 is 1.95 bits per heavy atom. The Bertz CT molecular complexity index is 660. The quantitative estimate of drug-likeness (QED) is 0.774. The molecule has 116 valence electrons. The first kappa shape index (κ1) is 17.0. The number of hydrogen-bond acceptors (Lipinski definition) is 2. The van der Waals surface area contributed by atoms with Gasteiger partial charge in [-0.25, -0.2) is 4.39 Å². The van der Waals surface area contributed by atoms with Gasteiger partial charge in [0.05, 0.1) is 10.9 Å². The second-order valence-electron chi connectivity index (χ2n) is 5.05. The molecule has 1 N–H and O–H groups in total. The van der Waals surface area contributed by atoms with E-state index in [1.807, 2.05) is 13.8 Å². The molecule has 0 radical (unpaired) electrons. The summed E-state index contributed by atoms with van der Waals surface area (Å²) in [5, 5.41) is 2.37. The van der Waals surface area contributed by atoms with Crippen LogP contribution in [0.25, 0.3) is 0 Å². The van der Waals surface area contributed by atoms with Gasteiger partial charge in [0.15, 0.2) is 0 Å². The monoisotopic (exact) mass is 381 g/mol. The molecule has 0 aliphatic carbocycles. The van der Waals surface area contributed by atoms with Crippen molar-refractivity contribution in [1.29, 1.82) is 0 Å². The first-order valence-electron chi connectivity index (χ1n) is 6.89. The van der Waals surface area contributed by atoms with Gasteiger partial charge in [-0.15, -0.1) is 11.8 Å². The van der Waals surface area contributed by atoms with E-state index in [2.05, 4.69) is 45.5 Å². The summed E-state index contributed by atoms with van der Waals surface area (Å²) in [5.74, 6) is 0.106. The van der Waals surface area contributed by atoms with Crippen LogP contribution in [0.1, 0.15) is 18.1 Å². The van der Waals surface area contributed by atoms with Gasteiger partial charge in [-0.2, -0.15) is 0 Å². The molecule has 0 saturated heterocycles. The molecule has 2 aromatic rings. The van der Waals surface area contributed by atoms with Crippen molar-refractivity contribution in [1.82, 2.24) is 0 Å². The van der Waals surface area contributed by atoms with Gasteiger partial charge in [-0.3, -0.25) is 4.79 Å². The molecule has 0 aliphatic heterocycles. The lowest BCUT2D eigenvalue weighted by atomic mass is 10.2. The lowest BCUT2D eigenvalue weighted by Gasteiger charge is -2.13. The average Bonchev–Trinajstić information content (AvgIpc) is 2.49. The summed E-state index contributed by atoms with van der Waals surface area (Å²) in [6.45, 7) is 3.87. The molecule has 0 heterocycles. The van der Waals surface area contributed by atoms with Crippen LogP contribution in [0.2, 0.25) is 0 Å². The molecule has 0 aliphatic rings. The van der Waals surface area contributed by atoms with Crippen molar-refractivity contribution in [2.24, 2.45) is 0 Å². The van der Waals surface area contributed by atoms with E-state index in [1.54, 1.807) is 12.1 Å². The number of halogens is 2. The number of benzene rings is 2. The smallest absolute Gasteiger partial charge is 0.237 e. The minimum absolute atomic E-state index is 0.196. The first-order chi connectivity index (χ1) is 10.5. The van der Waals surface area contributed by atoms with Crippen molar-refractivity contribution in [3.8, 4) is 0 Å². The van der Waals surface area contributed by atoms with E-state index in [0.29, 0.717) is 4.47 Å². The lowest BCUT2D eigenvalue weighted by molar-refractivity contribution is -0.115. The summed E-state index contributed by atoms with van der Waals surface area (Å²) < 4.78 is 14.4. The van der Waals surface area contributed by atoms with E-state index in [-0.39, 0.29) is 16.8 Å². The summed E-state index contributed by atoms with van der Waals surface area (Å²) in [4.78, 5) is 12.1. The number of nitrogens with one attached hydrogen (secondary N) is 1. The van der Waals surface area contributed by atoms with E-state index in [1.165, 1.54) is 29.0 Å². The number of rotatable bonds is 5. The van der Waals surface area contributed by atoms with Crippen LogP contribution in [0, 0.1) is 12.7 Å². The fourth-order valence-electron chi connectivity index (χ4n) is 1.81. The van der Waals surface area contributed by atoms with Crippen LogP contribution in [0.15, 0.2) is 46.9 Å². The third kappa shape index (κ3) is 4.85. The van der Waals surface area contributed by atoms with Crippen molar-refractivity contribution in [3.63, 3.8) is 0 Å². The zero-order chi connectivity index (χ0) is 16.1. The Balaban J connectivity index is 1.90. The van der Waals surface area contributed by atoms with Gasteiger partial charge in [0, 0.05) is 10.2 Å². The maximum atomic E-state index is 13.7. The second kappa shape index (κ2) is 7.79. The SMILES string of the molecule is Cc1ccc(CSC(C)C(=O)Nc2ccc(Br)cc2F)cc1. The largest absolute Gasteiger partial charge is 0.323 e. The topological polar surface area (TPSA) is 29.1 Å². The molecule has 2 nitrogen and oxygen atoms in total. The highest BCUT2D eigenvalue weighted by Gasteiger charge is 2.15. The summed E-state index contributed by atoms with van der Waals surface area (Å²) in [6.07, 6.45) is 0. The Morgan fingerprint density at radius 1 is 1.27 bits per heavy atom. The van der Waals surface area contributed by atoms with E-state index < -0.39 is 5.82 Å². The normalized spacial score (nSPS) is 12.0. The van der Waals surface area contributed by atoms with Gasteiger partial charge in [0.2, 0.25) is 5.91 Å². The van der Waals surface area contributed by atoms with Gasteiger partial charge < -0.3 is 5.32 Å². The lowest BCUT2D eigenvalue weighted by Crippen LogP contribution is -2.23. The molecule has 1 amide bonds. The Morgan fingerprint density at radius 3 is 2.59 bits per heavy atom. The molecule has 1 atom stereocenters. The van der Waals surface area contributed by atoms with Gasteiger partial charge >= 0.3 is 0 Å². The van der Waals surface area contributed by atoms with Crippen molar-refractivity contribution in [2.75, 3.05) is 5.32 Å². The third-order valence-electron chi connectivity index (χ3n) is 3.18. The molecule has 1 unspecified atom stereocenters. The number of thioether (sulfide) groups is 1. The zero-order valence-electron chi connectivity index (χ0n) is 12.4. The first-order valence-corrected chi connectivity index (χ1v) is 8.73. The summed E-state index contributed by atoms with van der Waals surface area (Å²) >= 11 is 4.72. The fraction of sp³-hybridized carbons (Fsp3) is 0.235. The summed E-state index contributed by atoms with van der Waals surface area (Å²) in [6, 6.07) is 12.8. The van der Waals surface area contributed by atoms with E-state index in [9.17, 15) is 9.18 Å². The van der Waals surface area contributed by atoms with Crippen LogP contribution < -0.4 is 5.32 Å². The minimum atomic E-state index is -0.446. The van der Waals surface area contributed by atoms with Crippen LogP contribution >= 0.6 is 27.7 Å². The molecule has 2 aromatic carbocycles. The summed E-state index contributed by atoms with van der Waals surface area (Å²) in [5.41, 5.74) is 2.59. The maximum absolute atomic E-state index is 13.7. The zero-order valence-corrected chi connectivity index (χ0v) is 14.8. The average molecular weight is 382 g/mol. The highest BCUT2D eigenvalue weighted by molar-refractivity contribution is 9.10. The maximum Gasteiger partial charge on any atom is 0.237 e. The van der Waals surface area contributed by atoms with Crippen LogP contribution in [0.3, 0.4) is 0 Å². The predicted molar refractivity (Wildman–Crippen MR) is 94.7 cm³/mol. The summed E-state index contributed by atoms with van der Waals surface area (Å²) in [7, 11) is 0. The highest BCUT2D eigenvalue weighted by atomic mass is 79.9. The highest BCUT2D eigenvalue weighted by Crippen LogP contribution is 2.22. The molecule has 0 aromatic heterocycles. The molecule has 0 fully saturated rings. The van der Waals surface area contributed by atoms with Crippen LogP contribution in [0.5, 0.6) is 0 Å². The Kier molecular flexibility index (Phi) is 6.03. The van der Waals surface area contributed by atoms with E-state index in [4.69, 9.17) is 0 Å². The predicted octanol–water partition coefficient (Wildman–Crippen LogP) is 5.16. The van der Waals surface area contributed by atoms with Crippen LogP contribution in [-0.2, 0) is 10.5 Å². The molecular formula is C17H17BrFNOS. The molecule has 0 bridgehead atoms. The number of carbonyl (C=O) groups excluding carboxylic acids is 1. The van der Waals surface area contributed by atoms with Crippen molar-refractivity contribution in [2.45, 2.75) is 24.9 Å². The van der Waals surface area contributed by atoms with Gasteiger partial charge in [-0.1, -0.05) is 45.8 Å². The Labute approximate surface area is 142 Å². The van der Waals surface area contributed by atoms with Gasteiger partial charge in [-0.05, 0) is 37.6 Å². The standard InChI is InChI=1S/C17H17BrFNOS/c1-11-3-5-13(6-4-11)10-22-12(2)17(21)20-16-8-7-14(18)9-15(16)19/h3-9,12H,10H2,1-2H3,(H,20,21). The molecule has 22 heavy (non-hydrogen) atoms. The molecule has 5 heteroatoms. The third-order valence-corrected chi connectivity index (χ3v) is 4.89. The second-order valence-corrected chi connectivity index (χ2v) is 7.30. The van der Waals surface area contributed by atoms with Gasteiger partial charge in [0.25, 0.3) is 0 Å². The van der Waals surface area contributed by atoms with Crippen LogP contribution in [0.4, 0.5) is 10.1 Å². The molecule has 0 spiro atoms. The van der Waals surface area contributed by atoms with E-state index in [0.717, 1.165) is 5.75 Å². The minimum Gasteiger partial charge on any atom is -0.323 e. The number of amides is 1. The molecule has 2 rings (SSSR count). The van der Waals surface area contributed by atoms with E-state index >= 15 is 0 Å². The number of anilines is 1. The number of hydrogen-bond donors (Lipinski definition) is 1. The molecule has 0 saturated carbocycles. The number of aryl methyl sites for hydroxylation is 1. The fourth-order valence-corrected chi connectivity index (χ4v) is 2.98.